The number of likely N-dealkylation sites (tertiary alicyclic amines) is 1. The molecule has 1 heterocycles. The highest BCUT2D eigenvalue weighted by Gasteiger charge is 2.26. The van der Waals surface area contributed by atoms with E-state index in [0.29, 0.717) is 42.6 Å². The number of likely N-dealkylation sites (N-methyl/N-ethyl adjacent to an activating group) is 1. The number of hydrogen-bond acceptors (Lipinski definition) is 5. The van der Waals surface area contributed by atoms with Crippen LogP contribution in [0, 0.1) is 11.3 Å². The zero-order valence-corrected chi connectivity index (χ0v) is 16.0. The summed E-state index contributed by atoms with van der Waals surface area (Å²) in [7, 11) is 5.65. The van der Waals surface area contributed by atoms with Gasteiger partial charge in [0.15, 0.2) is 11.5 Å². The SMILES string of the molecule is COc1cc(C#N)ccc1OCCCC(=O)N1CCCCC1CN(C)C. The van der Waals surface area contributed by atoms with Crippen molar-refractivity contribution in [3.8, 4) is 17.6 Å². The second-order valence-electron chi connectivity index (χ2n) is 6.93. The molecule has 1 aliphatic heterocycles. The summed E-state index contributed by atoms with van der Waals surface area (Å²) in [5.41, 5.74) is 0.529. The molecule has 1 aromatic rings. The summed E-state index contributed by atoms with van der Waals surface area (Å²) in [6.07, 6.45) is 4.52. The van der Waals surface area contributed by atoms with Crippen LogP contribution in [0.4, 0.5) is 0 Å². The van der Waals surface area contributed by atoms with E-state index in [1.54, 1.807) is 25.3 Å². The number of nitrogens with zero attached hydrogens (tertiary/aromatic N) is 3. The molecule has 1 saturated heterocycles. The summed E-state index contributed by atoms with van der Waals surface area (Å²) in [6, 6.07) is 7.48. The van der Waals surface area contributed by atoms with Crippen molar-refractivity contribution in [1.82, 2.24) is 9.80 Å². The van der Waals surface area contributed by atoms with Gasteiger partial charge in [0.2, 0.25) is 5.91 Å². The molecule has 1 amide bonds. The van der Waals surface area contributed by atoms with Crippen molar-refractivity contribution in [3.05, 3.63) is 23.8 Å². The Balaban J connectivity index is 1.82. The first-order chi connectivity index (χ1) is 12.5. The van der Waals surface area contributed by atoms with Gasteiger partial charge in [0.05, 0.1) is 25.3 Å². The zero-order chi connectivity index (χ0) is 18.9. The molecule has 1 atom stereocenters. The topological polar surface area (TPSA) is 65.8 Å². The molecule has 0 aliphatic carbocycles. The summed E-state index contributed by atoms with van der Waals surface area (Å²) >= 11 is 0. The minimum absolute atomic E-state index is 0.215. The molecule has 0 N–H and O–H groups in total. The van der Waals surface area contributed by atoms with Gasteiger partial charge in [-0.25, -0.2) is 0 Å². The summed E-state index contributed by atoms with van der Waals surface area (Å²) in [5, 5.41) is 8.93. The summed E-state index contributed by atoms with van der Waals surface area (Å²) < 4.78 is 11.0. The molecule has 0 saturated carbocycles. The lowest BCUT2D eigenvalue weighted by Crippen LogP contribution is -2.48. The first-order valence-corrected chi connectivity index (χ1v) is 9.20. The van der Waals surface area contributed by atoms with Gasteiger partial charge in [-0.3, -0.25) is 4.79 Å². The smallest absolute Gasteiger partial charge is 0.222 e. The van der Waals surface area contributed by atoms with Gasteiger partial charge in [-0.05, 0) is 51.9 Å². The van der Waals surface area contributed by atoms with Crippen molar-refractivity contribution in [2.45, 2.75) is 38.1 Å². The minimum atomic E-state index is 0.215. The molecule has 0 spiro atoms. The zero-order valence-electron chi connectivity index (χ0n) is 16.0. The number of methoxy groups -OCH3 is 1. The average Bonchev–Trinajstić information content (AvgIpc) is 2.65. The Morgan fingerprint density at radius 2 is 2.15 bits per heavy atom. The van der Waals surface area contributed by atoms with Crippen LogP contribution in [-0.2, 0) is 4.79 Å². The summed E-state index contributed by atoms with van der Waals surface area (Å²) in [4.78, 5) is 16.8. The highest BCUT2D eigenvalue weighted by atomic mass is 16.5. The van der Waals surface area contributed by atoms with Crippen LogP contribution in [0.25, 0.3) is 0 Å². The second kappa shape index (κ2) is 10.0. The number of rotatable bonds is 8. The minimum Gasteiger partial charge on any atom is -0.493 e. The Morgan fingerprint density at radius 3 is 2.85 bits per heavy atom. The molecule has 142 valence electrons. The van der Waals surface area contributed by atoms with Crippen molar-refractivity contribution in [1.29, 1.82) is 5.26 Å². The Labute approximate surface area is 156 Å². The summed E-state index contributed by atoms with van der Waals surface area (Å²) in [5.74, 6) is 1.35. The number of ether oxygens (including phenoxy) is 2. The molecule has 1 aromatic carbocycles. The van der Waals surface area contributed by atoms with E-state index in [9.17, 15) is 4.79 Å². The van der Waals surface area contributed by atoms with Crippen molar-refractivity contribution in [2.75, 3.05) is 40.9 Å². The quantitative estimate of drug-likeness (QED) is 0.668. The molecular weight excluding hydrogens is 330 g/mol. The van der Waals surface area contributed by atoms with E-state index >= 15 is 0 Å². The van der Waals surface area contributed by atoms with Crippen molar-refractivity contribution in [2.24, 2.45) is 0 Å². The number of benzene rings is 1. The van der Waals surface area contributed by atoms with Gasteiger partial charge >= 0.3 is 0 Å². The molecule has 0 radical (unpaired) electrons. The van der Waals surface area contributed by atoms with Crippen molar-refractivity contribution >= 4 is 5.91 Å². The maximum absolute atomic E-state index is 12.6. The Kier molecular flexibility index (Phi) is 7.73. The fourth-order valence-corrected chi connectivity index (χ4v) is 3.35. The van der Waals surface area contributed by atoms with Crippen LogP contribution in [0.2, 0.25) is 0 Å². The molecule has 1 unspecified atom stereocenters. The van der Waals surface area contributed by atoms with Gasteiger partial charge in [0.25, 0.3) is 0 Å². The molecule has 6 nitrogen and oxygen atoms in total. The third-order valence-corrected chi connectivity index (χ3v) is 4.61. The number of piperidine rings is 1. The number of hydrogen-bond donors (Lipinski definition) is 0. The van der Waals surface area contributed by atoms with Crippen LogP contribution in [0.15, 0.2) is 18.2 Å². The fraction of sp³-hybridized carbons (Fsp3) is 0.600. The normalized spacial score (nSPS) is 17.0. The van der Waals surface area contributed by atoms with E-state index in [-0.39, 0.29) is 5.91 Å². The molecular formula is C20H29N3O3. The van der Waals surface area contributed by atoms with E-state index in [1.807, 2.05) is 4.90 Å². The van der Waals surface area contributed by atoms with Gasteiger partial charge in [-0.1, -0.05) is 0 Å². The summed E-state index contributed by atoms with van der Waals surface area (Å²) in [6.45, 7) is 2.23. The number of carbonyl (C=O) groups is 1. The third kappa shape index (κ3) is 5.63. The Bertz CT molecular complexity index is 640. The number of nitriles is 1. The largest absolute Gasteiger partial charge is 0.493 e. The molecule has 2 rings (SSSR count). The van der Waals surface area contributed by atoms with Crippen LogP contribution < -0.4 is 9.47 Å². The molecule has 0 bridgehead atoms. The van der Waals surface area contributed by atoms with Gasteiger partial charge in [-0.15, -0.1) is 0 Å². The predicted octanol–water partition coefficient (Wildman–Crippen LogP) is 2.67. The van der Waals surface area contributed by atoms with Crippen LogP contribution in [0.3, 0.4) is 0 Å². The molecule has 0 aromatic heterocycles. The Hall–Kier alpha value is -2.26. The van der Waals surface area contributed by atoms with E-state index < -0.39 is 0 Å². The standard InChI is InChI=1S/C20H29N3O3/c1-22(2)15-17-7-4-5-11-23(17)20(24)8-6-12-26-18-10-9-16(14-21)13-19(18)25-3/h9-10,13,17H,4-8,11-12,15H2,1-3H3. The molecule has 1 fully saturated rings. The predicted molar refractivity (Wildman–Crippen MR) is 100 cm³/mol. The van der Waals surface area contributed by atoms with Gasteiger partial charge < -0.3 is 19.3 Å². The van der Waals surface area contributed by atoms with Crippen molar-refractivity contribution in [3.63, 3.8) is 0 Å². The molecule has 6 heteroatoms. The van der Waals surface area contributed by atoms with E-state index in [0.717, 1.165) is 25.9 Å². The van der Waals surface area contributed by atoms with Crippen LogP contribution >= 0.6 is 0 Å². The molecule has 1 aliphatic rings. The maximum atomic E-state index is 12.6. The fourth-order valence-electron chi connectivity index (χ4n) is 3.35. The molecule has 26 heavy (non-hydrogen) atoms. The lowest BCUT2D eigenvalue weighted by Gasteiger charge is -2.37. The third-order valence-electron chi connectivity index (χ3n) is 4.61. The maximum Gasteiger partial charge on any atom is 0.222 e. The van der Waals surface area contributed by atoms with Gasteiger partial charge in [-0.2, -0.15) is 5.26 Å². The lowest BCUT2D eigenvalue weighted by atomic mass is 10.0. The first kappa shape index (κ1) is 20.1. The lowest BCUT2D eigenvalue weighted by molar-refractivity contribution is -0.135. The first-order valence-electron chi connectivity index (χ1n) is 9.20. The van der Waals surface area contributed by atoms with E-state index in [4.69, 9.17) is 14.7 Å². The monoisotopic (exact) mass is 359 g/mol. The van der Waals surface area contributed by atoms with Crippen LogP contribution in [-0.4, -0.2) is 62.7 Å². The van der Waals surface area contributed by atoms with Crippen LogP contribution in [0.5, 0.6) is 11.5 Å². The number of amides is 1. The van der Waals surface area contributed by atoms with E-state index in [2.05, 4.69) is 25.1 Å². The van der Waals surface area contributed by atoms with Gasteiger partial charge in [0.1, 0.15) is 0 Å². The van der Waals surface area contributed by atoms with Crippen LogP contribution in [0.1, 0.15) is 37.7 Å². The highest BCUT2D eigenvalue weighted by Crippen LogP contribution is 2.28. The van der Waals surface area contributed by atoms with Crippen molar-refractivity contribution < 1.29 is 14.3 Å². The Morgan fingerprint density at radius 1 is 1.35 bits per heavy atom. The second-order valence-corrected chi connectivity index (χ2v) is 6.93. The highest BCUT2D eigenvalue weighted by molar-refractivity contribution is 5.76. The average molecular weight is 359 g/mol. The van der Waals surface area contributed by atoms with Gasteiger partial charge in [0, 0.05) is 31.6 Å². The number of carbonyl (C=O) groups excluding carboxylic acids is 1. The van der Waals surface area contributed by atoms with E-state index in [1.165, 1.54) is 6.42 Å².